The predicted octanol–water partition coefficient (Wildman–Crippen LogP) is 4.35. The minimum Gasteiger partial charge on any atom is -0.303 e. The van der Waals surface area contributed by atoms with E-state index in [2.05, 4.69) is 17.9 Å². The molecule has 104 valence electrons. The van der Waals surface area contributed by atoms with Crippen LogP contribution in [-0.2, 0) is 4.79 Å². The van der Waals surface area contributed by atoms with E-state index in [1.165, 1.54) is 0 Å². The quantitative estimate of drug-likeness (QED) is 0.598. The van der Waals surface area contributed by atoms with Crippen LogP contribution in [0.3, 0.4) is 0 Å². The molecule has 2 aromatic rings. The summed E-state index contributed by atoms with van der Waals surface area (Å²) in [5.74, 6) is 6.60. The molecule has 1 atom stereocenters. The first-order chi connectivity index (χ1) is 10.3. The molecule has 21 heavy (non-hydrogen) atoms. The highest BCUT2D eigenvalue weighted by Gasteiger charge is 2.02. The van der Waals surface area contributed by atoms with Gasteiger partial charge in [0.05, 0.1) is 0 Å². The molecule has 0 aliphatic heterocycles. The minimum absolute atomic E-state index is 0.183. The molecule has 0 amide bonds. The van der Waals surface area contributed by atoms with Crippen molar-refractivity contribution >= 4 is 11.9 Å². The molecule has 0 spiro atoms. The van der Waals surface area contributed by atoms with Gasteiger partial charge in [0, 0.05) is 17.6 Å². The molecule has 0 bridgehead atoms. The topological polar surface area (TPSA) is 17.1 Å². The number of hydrogen-bond donors (Lipinski definition) is 0. The summed E-state index contributed by atoms with van der Waals surface area (Å²) in [5.41, 5.74) is 3.04. The number of carbonyl (C=O) groups excluding carboxylic acids is 1. The highest BCUT2D eigenvalue weighted by Crippen LogP contribution is 2.17. The Kier molecular flexibility index (Phi) is 5.55. The van der Waals surface area contributed by atoms with Gasteiger partial charge in [-0.15, -0.1) is 0 Å². The number of benzene rings is 2. The van der Waals surface area contributed by atoms with E-state index >= 15 is 0 Å². The number of rotatable bonds is 4. The van der Waals surface area contributed by atoms with Crippen LogP contribution in [0.5, 0.6) is 0 Å². The molecule has 0 N–H and O–H groups in total. The summed E-state index contributed by atoms with van der Waals surface area (Å²) in [5, 5.41) is 0. The molecule has 1 heteroatoms. The van der Waals surface area contributed by atoms with Gasteiger partial charge in [0.25, 0.3) is 0 Å². The highest BCUT2D eigenvalue weighted by molar-refractivity contribution is 5.80. The third-order valence-electron chi connectivity index (χ3n) is 3.12. The molecule has 0 heterocycles. The fourth-order valence-electron chi connectivity index (χ4n) is 1.99. The molecule has 1 nitrogen and oxygen atoms in total. The van der Waals surface area contributed by atoms with Crippen LogP contribution in [0.2, 0.25) is 0 Å². The summed E-state index contributed by atoms with van der Waals surface area (Å²) in [6.07, 6.45) is 3.54. The van der Waals surface area contributed by atoms with E-state index in [0.29, 0.717) is 6.42 Å². The lowest BCUT2D eigenvalue weighted by molar-refractivity contribution is -0.108. The predicted molar refractivity (Wildman–Crippen MR) is 87.6 cm³/mol. The lowest BCUT2D eigenvalue weighted by Gasteiger charge is -2.04. The van der Waals surface area contributed by atoms with Crippen LogP contribution in [0, 0.1) is 17.8 Å². The third-order valence-corrected chi connectivity index (χ3v) is 3.12. The summed E-state index contributed by atoms with van der Waals surface area (Å²) >= 11 is 0. The van der Waals surface area contributed by atoms with Crippen molar-refractivity contribution in [3.8, 4) is 11.8 Å². The van der Waals surface area contributed by atoms with Crippen LogP contribution in [0.15, 0.2) is 66.7 Å². The Hall–Kier alpha value is -2.59. The molecule has 0 radical (unpaired) electrons. The van der Waals surface area contributed by atoms with E-state index in [1.54, 1.807) is 0 Å². The Morgan fingerprint density at radius 2 is 1.67 bits per heavy atom. The maximum atomic E-state index is 10.6. The lowest BCUT2D eigenvalue weighted by atomic mass is 9.99. The van der Waals surface area contributed by atoms with Gasteiger partial charge in [-0.3, -0.25) is 0 Å². The van der Waals surface area contributed by atoms with Crippen molar-refractivity contribution in [2.24, 2.45) is 5.92 Å². The van der Waals surface area contributed by atoms with Crippen LogP contribution >= 0.6 is 0 Å². The molecule has 0 fully saturated rings. The van der Waals surface area contributed by atoms with Crippen molar-refractivity contribution in [1.29, 1.82) is 0 Å². The first-order valence-electron chi connectivity index (χ1n) is 7.07. The number of hydrogen-bond acceptors (Lipinski definition) is 1. The largest absolute Gasteiger partial charge is 0.303 e. The first-order valence-corrected chi connectivity index (χ1v) is 7.07. The van der Waals surface area contributed by atoms with E-state index in [1.807, 2.05) is 67.6 Å². The molecular weight excluding hydrogens is 256 g/mol. The maximum absolute atomic E-state index is 10.6. The second kappa shape index (κ2) is 7.87. The zero-order chi connectivity index (χ0) is 14.9. The van der Waals surface area contributed by atoms with E-state index in [9.17, 15) is 4.79 Å². The zero-order valence-electron chi connectivity index (χ0n) is 12.1. The normalized spacial score (nSPS) is 12.1. The van der Waals surface area contributed by atoms with E-state index in [0.717, 1.165) is 23.0 Å². The Morgan fingerprint density at radius 3 is 2.29 bits per heavy atom. The average molecular weight is 274 g/mol. The highest BCUT2D eigenvalue weighted by atomic mass is 16.1. The van der Waals surface area contributed by atoms with Gasteiger partial charge in [0.2, 0.25) is 0 Å². The van der Waals surface area contributed by atoms with Crippen molar-refractivity contribution in [1.82, 2.24) is 0 Å². The third kappa shape index (κ3) is 4.78. The van der Waals surface area contributed by atoms with Crippen molar-refractivity contribution in [2.45, 2.75) is 13.3 Å². The van der Waals surface area contributed by atoms with Gasteiger partial charge in [-0.25, -0.2) is 0 Å². The number of aldehydes is 1. The van der Waals surface area contributed by atoms with E-state index in [4.69, 9.17) is 0 Å². The van der Waals surface area contributed by atoms with Gasteiger partial charge in [-0.2, -0.15) is 0 Å². The molecular formula is C20H18O. The van der Waals surface area contributed by atoms with Crippen molar-refractivity contribution in [3.05, 3.63) is 77.9 Å². The Bertz CT molecular complexity index is 657. The van der Waals surface area contributed by atoms with E-state index < -0.39 is 0 Å². The van der Waals surface area contributed by atoms with Crippen LogP contribution in [0.1, 0.15) is 24.5 Å². The van der Waals surface area contributed by atoms with Crippen molar-refractivity contribution in [2.75, 3.05) is 0 Å². The van der Waals surface area contributed by atoms with E-state index in [-0.39, 0.29) is 5.92 Å². The van der Waals surface area contributed by atoms with Gasteiger partial charge < -0.3 is 4.79 Å². The summed E-state index contributed by atoms with van der Waals surface area (Å²) < 4.78 is 0. The first kappa shape index (κ1) is 14.8. The van der Waals surface area contributed by atoms with Gasteiger partial charge in [-0.05, 0) is 23.6 Å². The van der Waals surface area contributed by atoms with Crippen LogP contribution < -0.4 is 0 Å². The Labute approximate surface area is 126 Å². The fourth-order valence-corrected chi connectivity index (χ4v) is 1.99. The monoisotopic (exact) mass is 274 g/mol. The van der Waals surface area contributed by atoms with Crippen LogP contribution in [-0.4, -0.2) is 6.29 Å². The second-order valence-electron chi connectivity index (χ2n) is 4.94. The van der Waals surface area contributed by atoms with Crippen LogP contribution in [0.25, 0.3) is 5.57 Å². The number of carbonyl (C=O) groups is 1. The summed E-state index contributed by atoms with van der Waals surface area (Å²) in [6, 6.07) is 20.0. The number of allylic oxidation sites excluding steroid dienone is 2. The minimum atomic E-state index is 0.183. The maximum Gasteiger partial charge on any atom is 0.120 e. The van der Waals surface area contributed by atoms with Crippen LogP contribution in [0.4, 0.5) is 0 Å². The van der Waals surface area contributed by atoms with Crippen molar-refractivity contribution < 1.29 is 4.79 Å². The molecule has 0 aromatic heterocycles. The van der Waals surface area contributed by atoms with Gasteiger partial charge in [-0.1, -0.05) is 73.4 Å². The average Bonchev–Trinajstić information content (AvgIpc) is 2.53. The lowest BCUT2D eigenvalue weighted by Crippen LogP contribution is -1.93. The van der Waals surface area contributed by atoms with Gasteiger partial charge >= 0.3 is 0 Å². The molecule has 2 rings (SSSR count). The molecule has 0 saturated heterocycles. The molecule has 0 saturated carbocycles. The summed E-state index contributed by atoms with van der Waals surface area (Å²) in [7, 11) is 0. The Morgan fingerprint density at radius 1 is 1.05 bits per heavy atom. The smallest absolute Gasteiger partial charge is 0.120 e. The van der Waals surface area contributed by atoms with Gasteiger partial charge in [0.15, 0.2) is 0 Å². The standard InChI is InChI=1S/C20H18O/c1-17(14-15-21)16-20(19-10-6-3-7-11-19)13-12-18-8-4-2-5-9-18/h2-11,15-17H,14H2,1H3. The van der Waals surface area contributed by atoms with Gasteiger partial charge in [0.1, 0.15) is 6.29 Å². The summed E-state index contributed by atoms with van der Waals surface area (Å²) in [4.78, 5) is 10.6. The molecule has 2 aromatic carbocycles. The molecule has 1 unspecified atom stereocenters. The molecule has 0 aliphatic carbocycles. The Balaban J connectivity index is 2.33. The van der Waals surface area contributed by atoms with Crippen molar-refractivity contribution in [3.63, 3.8) is 0 Å². The zero-order valence-corrected chi connectivity index (χ0v) is 12.1. The second-order valence-corrected chi connectivity index (χ2v) is 4.94. The molecule has 0 aliphatic rings. The fraction of sp³-hybridized carbons (Fsp3) is 0.150. The summed E-state index contributed by atoms with van der Waals surface area (Å²) in [6.45, 7) is 2.03. The SMILES string of the molecule is CC(C=C(C#Cc1ccccc1)c1ccccc1)CC=O.